The van der Waals surface area contributed by atoms with Crippen LogP contribution in [0.1, 0.15) is 44.7 Å². The van der Waals surface area contributed by atoms with E-state index >= 15 is 0 Å². The molecule has 0 radical (unpaired) electrons. The van der Waals surface area contributed by atoms with E-state index in [-0.39, 0.29) is 41.0 Å². The third kappa shape index (κ3) is 8.06. The summed E-state index contributed by atoms with van der Waals surface area (Å²) in [5, 5.41) is 11.0. The third-order valence-electron chi connectivity index (χ3n) is 6.39. The Kier molecular flexibility index (Phi) is 11.2. The van der Waals surface area contributed by atoms with Gasteiger partial charge in [-0.05, 0) is 71.3 Å². The van der Waals surface area contributed by atoms with Gasteiger partial charge in [-0.1, -0.05) is 78.9 Å². The van der Waals surface area contributed by atoms with E-state index in [4.69, 9.17) is 4.74 Å². The molecule has 188 valence electrons. The van der Waals surface area contributed by atoms with Gasteiger partial charge in [0.1, 0.15) is 5.75 Å². The summed E-state index contributed by atoms with van der Waals surface area (Å²) in [5.41, 5.74) is 5.01. The minimum Gasteiger partial charge on any atom is -0.545 e. The van der Waals surface area contributed by atoms with Crippen molar-refractivity contribution in [3.8, 4) is 16.9 Å². The second-order valence-corrected chi connectivity index (χ2v) is 8.96. The van der Waals surface area contributed by atoms with Crippen LogP contribution >= 0.6 is 0 Å². The Morgan fingerprint density at radius 3 is 1.87 bits per heavy atom. The number of benzene rings is 4. The summed E-state index contributed by atoms with van der Waals surface area (Å²) in [6.45, 7) is 1.16. The Labute approximate surface area is 246 Å². The number of methoxy groups -OCH3 is 1. The maximum Gasteiger partial charge on any atom is 1.00 e. The minimum atomic E-state index is -1.19. The molecule has 0 spiro atoms. The van der Waals surface area contributed by atoms with Gasteiger partial charge in [0.25, 0.3) is 5.91 Å². The zero-order valence-electron chi connectivity index (χ0n) is 21.9. The van der Waals surface area contributed by atoms with Crippen LogP contribution in [0.2, 0.25) is 0 Å². The Bertz CT molecular complexity index is 1300. The number of amides is 1. The molecule has 4 rings (SSSR count). The number of unbranched alkanes of at least 4 members (excludes halogenated alkanes) is 1. The quantitative estimate of drug-likeness (QED) is 0.227. The molecule has 4 aromatic carbocycles. The summed E-state index contributed by atoms with van der Waals surface area (Å²) >= 11 is 0. The van der Waals surface area contributed by atoms with Gasteiger partial charge in [0.2, 0.25) is 0 Å². The summed E-state index contributed by atoms with van der Waals surface area (Å²) in [7, 11) is 1.61. The molecule has 38 heavy (non-hydrogen) atoms. The van der Waals surface area contributed by atoms with Crippen molar-refractivity contribution in [2.24, 2.45) is 0 Å². The SMILES string of the molecule is COc1ccc(C(=O)N(CCCCc2ccccc2)Cc2ccc(-c3ccc(C(=O)[O-])cc3)cc2)cc1.[Na+]. The van der Waals surface area contributed by atoms with Crippen molar-refractivity contribution < 1.29 is 49.0 Å². The first-order valence-electron chi connectivity index (χ1n) is 12.4. The van der Waals surface area contributed by atoms with Crippen LogP contribution in [0.15, 0.2) is 103 Å². The number of rotatable bonds is 11. The molecule has 0 aliphatic rings. The van der Waals surface area contributed by atoms with E-state index in [0.29, 0.717) is 24.4 Å². The topological polar surface area (TPSA) is 69.7 Å². The molecule has 0 fully saturated rings. The molecule has 0 N–H and O–H groups in total. The van der Waals surface area contributed by atoms with Gasteiger partial charge in [0.15, 0.2) is 0 Å². The number of carboxylic acid groups (broad SMARTS) is 1. The molecule has 4 aromatic rings. The first-order chi connectivity index (χ1) is 18.0. The molecular weight excluding hydrogens is 485 g/mol. The van der Waals surface area contributed by atoms with Crippen molar-refractivity contribution in [3.63, 3.8) is 0 Å². The van der Waals surface area contributed by atoms with E-state index in [0.717, 1.165) is 36.0 Å². The van der Waals surface area contributed by atoms with Gasteiger partial charge in [-0.3, -0.25) is 4.79 Å². The maximum absolute atomic E-state index is 13.4. The Morgan fingerprint density at radius 1 is 0.711 bits per heavy atom. The van der Waals surface area contributed by atoms with Crippen LogP contribution in [0, 0.1) is 0 Å². The standard InChI is InChI=1S/C32H31NO4.Na/c1-37-30-20-18-28(19-21-30)31(34)33(22-6-5-9-24-7-3-2-4-8-24)23-25-10-12-26(13-11-25)27-14-16-29(17-15-27)32(35)36;/h2-4,7-8,10-21H,5-6,9,22-23H2,1H3,(H,35,36);/q;+1/p-1. The first kappa shape index (κ1) is 29.2. The van der Waals surface area contributed by atoms with E-state index in [1.165, 1.54) is 5.56 Å². The molecule has 5 nitrogen and oxygen atoms in total. The second kappa shape index (κ2) is 14.5. The number of aromatic carboxylic acids is 1. The van der Waals surface area contributed by atoms with Gasteiger partial charge in [-0.15, -0.1) is 0 Å². The van der Waals surface area contributed by atoms with E-state index in [2.05, 4.69) is 24.3 Å². The fourth-order valence-corrected chi connectivity index (χ4v) is 4.27. The summed E-state index contributed by atoms with van der Waals surface area (Å²) in [6, 6.07) is 32.3. The van der Waals surface area contributed by atoms with Crippen LogP contribution in [0.25, 0.3) is 11.1 Å². The fraction of sp³-hybridized carbons (Fsp3) is 0.188. The summed E-state index contributed by atoms with van der Waals surface area (Å²) in [5.74, 6) is -0.481. The molecule has 0 heterocycles. The normalized spacial score (nSPS) is 10.3. The predicted molar refractivity (Wildman–Crippen MR) is 143 cm³/mol. The zero-order valence-corrected chi connectivity index (χ0v) is 23.9. The fourth-order valence-electron chi connectivity index (χ4n) is 4.27. The molecule has 0 aliphatic carbocycles. The van der Waals surface area contributed by atoms with Crippen LogP contribution in [0.4, 0.5) is 0 Å². The van der Waals surface area contributed by atoms with Crippen molar-refractivity contribution >= 4 is 11.9 Å². The van der Waals surface area contributed by atoms with E-state index in [1.807, 2.05) is 35.2 Å². The van der Waals surface area contributed by atoms with E-state index in [9.17, 15) is 14.7 Å². The monoisotopic (exact) mass is 515 g/mol. The van der Waals surface area contributed by atoms with Crippen molar-refractivity contribution in [1.29, 1.82) is 0 Å². The van der Waals surface area contributed by atoms with Crippen molar-refractivity contribution in [1.82, 2.24) is 4.90 Å². The van der Waals surface area contributed by atoms with Crippen molar-refractivity contribution in [2.75, 3.05) is 13.7 Å². The molecule has 0 aromatic heterocycles. The van der Waals surface area contributed by atoms with Crippen LogP contribution < -0.4 is 39.4 Å². The van der Waals surface area contributed by atoms with Crippen molar-refractivity contribution in [3.05, 3.63) is 125 Å². The van der Waals surface area contributed by atoms with Gasteiger partial charge >= 0.3 is 29.6 Å². The molecule has 0 bridgehead atoms. The molecule has 0 atom stereocenters. The third-order valence-corrected chi connectivity index (χ3v) is 6.39. The predicted octanol–water partition coefficient (Wildman–Crippen LogP) is 2.39. The molecule has 6 heteroatoms. The van der Waals surface area contributed by atoms with Crippen LogP contribution in [-0.4, -0.2) is 30.4 Å². The average molecular weight is 516 g/mol. The van der Waals surface area contributed by atoms with Crippen molar-refractivity contribution in [2.45, 2.75) is 25.8 Å². The number of hydrogen-bond donors (Lipinski definition) is 0. The second-order valence-electron chi connectivity index (χ2n) is 8.96. The number of aryl methyl sites for hydroxylation is 1. The van der Waals surface area contributed by atoms with Crippen LogP contribution in [0.3, 0.4) is 0 Å². The molecular formula is C32H30NNaO4. The van der Waals surface area contributed by atoms with Gasteiger partial charge in [-0.2, -0.15) is 0 Å². The molecule has 1 amide bonds. The molecule has 0 unspecified atom stereocenters. The summed E-state index contributed by atoms with van der Waals surface area (Å²) in [4.78, 5) is 26.3. The number of hydrogen-bond acceptors (Lipinski definition) is 4. The zero-order chi connectivity index (χ0) is 26.0. The largest absolute Gasteiger partial charge is 1.00 e. The smallest absolute Gasteiger partial charge is 0.545 e. The Hall–Kier alpha value is -3.38. The Morgan fingerprint density at radius 2 is 1.29 bits per heavy atom. The molecule has 0 saturated carbocycles. The van der Waals surface area contributed by atoms with Crippen LogP contribution in [-0.2, 0) is 13.0 Å². The maximum atomic E-state index is 13.4. The van der Waals surface area contributed by atoms with Gasteiger partial charge < -0.3 is 19.5 Å². The van der Waals surface area contributed by atoms with Crippen LogP contribution in [0.5, 0.6) is 5.75 Å². The van der Waals surface area contributed by atoms with Gasteiger partial charge in [-0.25, -0.2) is 0 Å². The molecule has 0 aliphatic heterocycles. The number of carbonyl (C=O) groups excluding carboxylic acids is 2. The Balaban J connectivity index is 0.00000400. The molecule has 0 saturated heterocycles. The number of carboxylic acids is 1. The minimum absolute atomic E-state index is 0. The average Bonchev–Trinajstić information content (AvgIpc) is 2.95. The number of ether oxygens (including phenoxy) is 1. The number of nitrogens with zero attached hydrogens (tertiary/aromatic N) is 1. The first-order valence-corrected chi connectivity index (χ1v) is 12.4. The van der Waals surface area contributed by atoms with E-state index in [1.54, 1.807) is 55.6 Å². The summed E-state index contributed by atoms with van der Waals surface area (Å²) in [6.07, 6.45) is 2.88. The number of carbonyl (C=O) groups is 2. The summed E-state index contributed by atoms with van der Waals surface area (Å²) < 4.78 is 5.24. The van der Waals surface area contributed by atoms with Gasteiger partial charge in [0.05, 0.1) is 13.1 Å². The van der Waals surface area contributed by atoms with Gasteiger partial charge in [0, 0.05) is 18.7 Å². The van der Waals surface area contributed by atoms with E-state index < -0.39 is 5.97 Å².